The summed E-state index contributed by atoms with van der Waals surface area (Å²) in [6, 6.07) is 6.63. The van der Waals surface area contributed by atoms with Crippen molar-refractivity contribution in [3.8, 4) is 0 Å². The molecule has 1 aliphatic rings. The number of nitrogen functional groups attached to an aromatic ring is 1. The number of fused-ring (bicyclic) bond motifs is 1. The highest BCUT2D eigenvalue weighted by molar-refractivity contribution is 6.62. The molecule has 0 spiro atoms. The van der Waals surface area contributed by atoms with Crippen LogP contribution in [0.1, 0.15) is 5.56 Å². The van der Waals surface area contributed by atoms with E-state index in [1.54, 1.807) is 24.3 Å². The Balaban J connectivity index is 2.49. The van der Waals surface area contributed by atoms with Gasteiger partial charge in [-0.05, 0) is 6.07 Å². The number of hydrogen-bond donors (Lipinski definition) is 6. The van der Waals surface area contributed by atoms with Gasteiger partial charge in [0.2, 0.25) is 5.88 Å². The van der Waals surface area contributed by atoms with Crippen LogP contribution in [0.4, 0.5) is 5.88 Å². The normalized spacial score (nSPS) is 15.7. The summed E-state index contributed by atoms with van der Waals surface area (Å²) in [6.45, 7) is 0. The largest absolute Gasteiger partial charge is 0.406 e. The van der Waals surface area contributed by atoms with Crippen LogP contribution in [0.15, 0.2) is 50.6 Å². The molecule has 1 aliphatic carbocycles. The van der Waals surface area contributed by atoms with Crippen LogP contribution in [-0.4, -0.2) is 11.4 Å². The van der Waals surface area contributed by atoms with Gasteiger partial charge >= 0.3 is 5.63 Å². The molecule has 23 heavy (non-hydrogen) atoms. The van der Waals surface area contributed by atoms with E-state index in [2.05, 4.69) is 0 Å². The number of nitrogens with one attached hydrogen (secondary N) is 2. The molecule has 0 amide bonds. The first-order chi connectivity index (χ1) is 10.8. The minimum Gasteiger partial charge on any atom is -0.406 e. The highest BCUT2D eigenvalue weighted by Crippen LogP contribution is 2.34. The molecule has 0 bridgehead atoms. The Morgan fingerprint density at radius 3 is 2.09 bits per heavy atom. The molecular formula is C15H14N6O2. The summed E-state index contributed by atoms with van der Waals surface area (Å²) in [5.41, 5.74) is 22.6. The van der Waals surface area contributed by atoms with Gasteiger partial charge in [0.1, 0.15) is 5.71 Å². The molecule has 0 radical (unpaired) electrons. The van der Waals surface area contributed by atoms with Gasteiger partial charge in [-0.15, -0.1) is 0 Å². The molecule has 2 aromatic rings. The first-order valence-electron chi connectivity index (χ1n) is 6.59. The Hall–Kier alpha value is -3.55. The first-order valence-corrected chi connectivity index (χ1v) is 6.59. The minimum atomic E-state index is -0.596. The summed E-state index contributed by atoms with van der Waals surface area (Å²) in [6.07, 6.45) is 0. The number of nitrogens with two attached hydrogens (primary N) is 4. The second-order valence-electron chi connectivity index (χ2n) is 5.04. The van der Waals surface area contributed by atoms with Gasteiger partial charge < -0.3 is 27.4 Å². The fourth-order valence-electron chi connectivity index (χ4n) is 2.54. The zero-order valence-corrected chi connectivity index (χ0v) is 11.9. The van der Waals surface area contributed by atoms with Gasteiger partial charge in [-0.1, -0.05) is 18.2 Å². The van der Waals surface area contributed by atoms with Crippen LogP contribution < -0.4 is 28.6 Å². The van der Waals surface area contributed by atoms with Crippen LogP contribution in [0.5, 0.6) is 0 Å². The highest BCUT2D eigenvalue weighted by atomic mass is 16.4. The van der Waals surface area contributed by atoms with E-state index in [0.29, 0.717) is 5.39 Å². The Bertz CT molecular complexity index is 1010. The minimum absolute atomic E-state index is 0.00400. The van der Waals surface area contributed by atoms with E-state index >= 15 is 0 Å². The third-order valence-electron chi connectivity index (χ3n) is 3.73. The molecule has 8 heteroatoms. The van der Waals surface area contributed by atoms with Crippen LogP contribution >= 0.6 is 0 Å². The first kappa shape index (κ1) is 14.4. The van der Waals surface area contributed by atoms with Gasteiger partial charge in [0.25, 0.3) is 0 Å². The van der Waals surface area contributed by atoms with Crippen LogP contribution in [-0.2, 0) is 0 Å². The van der Waals surface area contributed by atoms with Crippen molar-refractivity contribution in [1.82, 2.24) is 0 Å². The quantitative estimate of drug-likeness (QED) is 0.409. The summed E-state index contributed by atoms with van der Waals surface area (Å²) in [5, 5.41) is 16.8. The molecule has 0 unspecified atom stereocenters. The molecule has 0 fully saturated rings. The molecule has 0 saturated heterocycles. The summed E-state index contributed by atoms with van der Waals surface area (Å²) in [5.74, 6) is -0.197. The Labute approximate surface area is 130 Å². The van der Waals surface area contributed by atoms with Crippen molar-refractivity contribution in [2.24, 2.45) is 17.2 Å². The van der Waals surface area contributed by atoms with E-state index < -0.39 is 5.63 Å². The lowest BCUT2D eigenvalue weighted by Crippen LogP contribution is -2.34. The molecule has 116 valence electrons. The van der Waals surface area contributed by atoms with E-state index in [0.717, 1.165) is 0 Å². The van der Waals surface area contributed by atoms with Gasteiger partial charge in [0, 0.05) is 11.0 Å². The number of allylic oxidation sites excluding steroid dienone is 2. The van der Waals surface area contributed by atoms with E-state index in [4.69, 9.17) is 38.2 Å². The van der Waals surface area contributed by atoms with Gasteiger partial charge in [-0.2, -0.15) is 0 Å². The summed E-state index contributed by atoms with van der Waals surface area (Å²) in [4.78, 5) is 11.9. The maximum Gasteiger partial charge on any atom is 0.345 e. The van der Waals surface area contributed by atoms with Crippen LogP contribution in [0.2, 0.25) is 0 Å². The van der Waals surface area contributed by atoms with Crippen LogP contribution in [0, 0.1) is 10.8 Å². The van der Waals surface area contributed by atoms with E-state index in [-0.39, 0.29) is 50.9 Å². The van der Waals surface area contributed by atoms with Crippen LogP contribution in [0.25, 0.3) is 16.3 Å². The highest BCUT2D eigenvalue weighted by Gasteiger charge is 2.30. The molecule has 0 atom stereocenters. The number of anilines is 1. The third kappa shape index (κ3) is 1.89. The van der Waals surface area contributed by atoms with Gasteiger partial charge in [-0.3, -0.25) is 10.8 Å². The van der Waals surface area contributed by atoms with Gasteiger partial charge in [-0.25, -0.2) is 4.79 Å². The van der Waals surface area contributed by atoms with Crippen molar-refractivity contribution in [3.05, 3.63) is 57.3 Å². The molecular weight excluding hydrogens is 296 g/mol. The van der Waals surface area contributed by atoms with E-state index in [1.807, 2.05) is 0 Å². The predicted octanol–water partition coefficient (Wildman–Crippen LogP) is 0.227. The molecule has 8 nitrogen and oxygen atoms in total. The Morgan fingerprint density at radius 1 is 0.826 bits per heavy atom. The van der Waals surface area contributed by atoms with Crippen molar-refractivity contribution < 1.29 is 4.42 Å². The second-order valence-corrected chi connectivity index (χ2v) is 5.04. The maximum atomic E-state index is 11.9. The SMILES string of the molecule is N=C1C(=N)C(c2c(N)oc(=O)c3ccccc23)=C(N)C(N)=C1N. The van der Waals surface area contributed by atoms with E-state index in [9.17, 15) is 4.79 Å². The summed E-state index contributed by atoms with van der Waals surface area (Å²) < 4.78 is 5.05. The zero-order valence-electron chi connectivity index (χ0n) is 11.9. The molecule has 0 saturated carbocycles. The lowest BCUT2D eigenvalue weighted by Gasteiger charge is -2.22. The average molecular weight is 310 g/mol. The Kier molecular flexibility index (Phi) is 2.96. The molecule has 1 aromatic carbocycles. The molecule has 0 aliphatic heterocycles. The van der Waals surface area contributed by atoms with Crippen molar-refractivity contribution in [1.29, 1.82) is 10.8 Å². The second kappa shape index (κ2) is 4.73. The number of rotatable bonds is 1. The molecule has 1 heterocycles. The van der Waals surface area contributed by atoms with Crippen molar-refractivity contribution in [2.45, 2.75) is 0 Å². The van der Waals surface area contributed by atoms with Gasteiger partial charge in [0.05, 0.1) is 33.8 Å². The number of hydrogen-bond acceptors (Lipinski definition) is 8. The van der Waals surface area contributed by atoms with E-state index in [1.165, 1.54) is 0 Å². The summed E-state index contributed by atoms with van der Waals surface area (Å²) in [7, 11) is 0. The molecule has 3 rings (SSSR count). The predicted molar refractivity (Wildman–Crippen MR) is 88.9 cm³/mol. The monoisotopic (exact) mass is 310 g/mol. The zero-order chi connectivity index (χ0) is 16.9. The van der Waals surface area contributed by atoms with Crippen LogP contribution in [0.3, 0.4) is 0 Å². The Morgan fingerprint density at radius 2 is 1.43 bits per heavy atom. The van der Waals surface area contributed by atoms with Crippen molar-refractivity contribution in [2.75, 3.05) is 5.73 Å². The average Bonchev–Trinajstić information content (AvgIpc) is 2.54. The third-order valence-corrected chi connectivity index (χ3v) is 3.73. The lowest BCUT2D eigenvalue weighted by atomic mass is 9.87. The smallest absolute Gasteiger partial charge is 0.345 e. The lowest BCUT2D eigenvalue weighted by molar-refractivity contribution is 0.539. The van der Waals surface area contributed by atoms with Gasteiger partial charge in [0.15, 0.2) is 0 Å². The summed E-state index contributed by atoms with van der Waals surface area (Å²) >= 11 is 0. The van der Waals surface area contributed by atoms with Crippen molar-refractivity contribution >= 4 is 33.7 Å². The maximum absolute atomic E-state index is 11.9. The number of benzene rings is 1. The topological polar surface area (TPSA) is 182 Å². The fourth-order valence-corrected chi connectivity index (χ4v) is 2.54. The molecule has 1 aromatic heterocycles. The van der Waals surface area contributed by atoms with Crippen molar-refractivity contribution in [3.63, 3.8) is 0 Å². The molecule has 10 N–H and O–H groups in total. The standard InChI is InChI=1S/C15H14N6O2/c16-9-8(10(17)12(19)13(20)11(9)18)7-5-3-1-2-4-6(5)15(22)23-14(7)21/h1-4,16,18H,17,19-21H2. The fraction of sp³-hybridized carbons (Fsp3) is 0.